The summed E-state index contributed by atoms with van der Waals surface area (Å²) < 4.78 is 0. The summed E-state index contributed by atoms with van der Waals surface area (Å²) in [4.78, 5) is 139. The largest absolute Gasteiger partial charge is 0.399 e. The van der Waals surface area contributed by atoms with Crippen molar-refractivity contribution in [2.75, 3.05) is 144 Å². The highest BCUT2D eigenvalue weighted by atomic mass is 35.5. The highest BCUT2D eigenvalue weighted by Crippen LogP contribution is 2.43. The molecule has 0 radical (unpaired) electrons. The van der Waals surface area contributed by atoms with Crippen LogP contribution in [0.2, 0.25) is 0 Å². The van der Waals surface area contributed by atoms with Crippen LogP contribution in [0.25, 0.3) is 0 Å². The van der Waals surface area contributed by atoms with Gasteiger partial charge in [-0.3, -0.25) is 49.2 Å². The second-order valence-electron chi connectivity index (χ2n) is 36.2. The smallest absolute Gasteiger partial charge is 0.319 e. The van der Waals surface area contributed by atoms with Gasteiger partial charge in [-0.2, -0.15) is 5.10 Å². The number of nitro benzene ring substituents is 1. The van der Waals surface area contributed by atoms with Crippen molar-refractivity contribution in [3.05, 3.63) is 278 Å². The molecule has 3 unspecified atom stereocenters. The second kappa shape index (κ2) is 43.0. The van der Waals surface area contributed by atoms with E-state index in [1.165, 1.54) is 35.9 Å². The molecule has 6 aromatic carbocycles. The molecule has 692 valence electrons. The van der Waals surface area contributed by atoms with Gasteiger partial charge in [0.25, 0.3) is 23.4 Å². The number of H-pyrrole nitrogens is 1. The van der Waals surface area contributed by atoms with Gasteiger partial charge in [0.1, 0.15) is 11.7 Å². The summed E-state index contributed by atoms with van der Waals surface area (Å²) in [6.45, 7) is 26.9. The first-order valence-corrected chi connectivity index (χ1v) is 44.6. The summed E-state index contributed by atoms with van der Waals surface area (Å²) in [6.07, 6.45) is 9.85. The fourth-order valence-corrected chi connectivity index (χ4v) is 17.8. The summed E-state index contributed by atoms with van der Waals surface area (Å²) >= 11 is 4.71. The van der Waals surface area contributed by atoms with Gasteiger partial charge in [0.05, 0.1) is 84.1 Å². The normalized spacial score (nSPS) is 19.0. The lowest BCUT2D eigenvalue weighted by Crippen LogP contribution is -2.52. The molecule has 9 heterocycles. The number of hydrogen-bond donors (Lipinski definition) is 9. The quantitative estimate of drug-likeness (QED) is 0.00717. The number of allylic oxidation sites excluding steroid dienone is 1. The molecule has 0 bridgehead atoms. The number of likely N-dealkylation sites (tertiary alicyclic amines) is 2. The first-order chi connectivity index (χ1) is 62.5. The van der Waals surface area contributed by atoms with Crippen molar-refractivity contribution in [1.29, 1.82) is 0 Å². The number of piperidine rings is 2. The topological polar surface area (TPSA) is 372 Å². The van der Waals surface area contributed by atoms with Crippen LogP contribution >= 0.6 is 11.6 Å². The van der Waals surface area contributed by atoms with Crippen LogP contribution < -0.4 is 43.0 Å². The Bertz CT molecular complexity index is 5460. The number of urea groups is 3. The van der Waals surface area contributed by atoms with E-state index in [-0.39, 0.29) is 83.7 Å². The molecule has 6 atom stereocenters. The van der Waals surface area contributed by atoms with Crippen molar-refractivity contribution >= 4 is 93.1 Å². The highest BCUT2D eigenvalue weighted by Gasteiger charge is 2.49. The molecule has 10 amide bonds. The fourth-order valence-electron chi connectivity index (χ4n) is 17.8. The molecule has 2 saturated heterocycles. The number of amides is 10. The van der Waals surface area contributed by atoms with Gasteiger partial charge in [0.15, 0.2) is 5.82 Å². The lowest BCUT2D eigenvalue weighted by atomic mass is 9.94. The minimum atomic E-state index is -0.619. The summed E-state index contributed by atoms with van der Waals surface area (Å²) in [5.41, 5.74) is 16.6. The first kappa shape index (κ1) is 96.8. The van der Waals surface area contributed by atoms with Gasteiger partial charge in [0, 0.05) is 128 Å². The number of benzene rings is 6. The lowest BCUT2D eigenvalue weighted by molar-refractivity contribution is -0.384. The van der Waals surface area contributed by atoms with Gasteiger partial charge in [0.2, 0.25) is 11.1 Å². The highest BCUT2D eigenvalue weighted by molar-refractivity contribution is 6.66. The molecule has 131 heavy (non-hydrogen) atoms. The van der Waals surface area contributed by atoms with Gasteiger partial charge in [-0.1, -0.05) is 116 Å². The van der Waals surface area contributed by atoms with Crippen LogP contribution in [0.3, 0.4) is 0 Å². The maximum atomic E-state index is 13.7. The number of carbonyl (C=O) groups excluding carboxylic acids is 8. The molecule has 8 aliphatic rings. The molecule has 33 heteroatoms. The van der Waals surface area contributed by atoms with E-state index in [0.29, 0.717) is 119 Å². The van der Waals surface area contributed by atoms with Gasteiger partial charge < -0.3 is 87.1 Å². The average molecular weight is 1800 g/mol. The van der Waals surface area contributed by atoms with Gasteiger partial charge in [-0.05, 0) is 222 Å². The Kier molecular flexibility index (Phi) is 31.7. The summed E-state index contributed by atoms with van der Waals surface area (Å²) in [6, 6.07) is 49.0. The number of nitrogens with one attached hydrogen (secondary N) is 8. The third kappa shape index (κ3) is 23.9. The Labute approximate surface area is 771 Å². The van der Waals surface area contributed by atoms with Crippen LogP contribution in [0.15, 0.2) is 234 Å². The Balaban J connectivity index is 0.000000173. The van der Waals surface area contributed by atoms with Crippen LogP contribution in [0.1, 0.15) is 144 Å². The SMILES string of the molecule is C=CC(=O)Cl.C=CC(=O)Nc1ccc(C(=O)N2CCCC(NC3=NCC4=C3CN(C(=O)N[C@H](CN(C)C)c3ccccc3)C4(C)C)C2)cc1.CN(C)C[C@@H](NC(=O)N1CC2=C(CN=C2NC2CCCN(C(=O)c3ccc(N)cc3)C2)C1(C)C)c1ccccc1.CN(C)C[C@@H](NC(=O)N1Cc2c(NC3C=CCN(C(=O)c4ccc([N+](=O)[O-])cc4)C3)n[nH]c2C1(C)C)c1ccccc1. The number of likely N-dealkylation sites (N-methyl/N-ethyl adjacent to an activating group) is 3. The zero-order chi connectivity index (χ0) is 94.2. The molecule has 0 spiro atoms. The molecule has 1 aromatic heterocycles. The molecule has 32 nitrogen and oxygen atoms in total. The minimum absolute atomic E-state index is 0.0234. The molecular formula is C98H123ClN22O10. The van der Waals surface area contributed by atoms with E-state index in [1.54, 1.807) is 53.4 Å². The van der Waals surface area contributed by atoms with E-state index in [9.17, 15) is 48.5 Å². The molecule has 15 rings (SSSR count). The first-order valence-electron chi connectivity index (χ1n) is 44.3. The predicted octanol–water partition coefficient (Wildman–Crippen LogP) is 11.9. The Hall–Kier alpha value is -13.3. The van der Waals surface area contributed by atoms with Crippen molar-refractivity contribution < 1.29 is 43.3 Å². The van der Waals surface area contributed by atoms with E-state index in [2.05, 4.69) is 115 Å². The standard InChI is InChI=1S/C34H43N7O3.C31H41N7O2.C30H36N8O4.C3H3ClO/c1-6-30(42)36-25-16-14-24(15-17-25)32(43)40-18-10-13-26(20-40)37-31-27-21-41(34(2,3)28(27)19-35-31)33(44)38-29(22-39(4)5)23-11-8-7-9-12-23;1-31(2)26-17-33-28(34-24-11-8-16-37(18-24)29(39)22-12-14-23(32)15-13-22)25(26)19-38(31)30(40)35-27(20-36(3)4)21-9-6-5-7-10-21;1-30(2)26-24(18-37(30)29(40)32-25(19-35(3)4)20-9-6-5-7-10-20)27(34-33-26)31-22-11-8-16-36(17-22)28(39)21-12-14-23(15-13-21)38(41)42;1-2-3(4)5/h6-9,11-12,14-17,26,29H,1,10,13,18-22H2,2-5H3,(H,35,37)(H,36,42)(H,38,44);5-7,9-10,12-15,24,27H,8,11,16-20,32H2,1-4H3,(H,33,34)(H,35,40);5-15,22,25H,16-19H2,1-4H3,(H,32,40)(H2,31,33,34);2H,1H2/t26?,29-;24?,27-;22?,25-;/m111./s1. The number of nitrogen functional groups attached to an aromatic ring is 1. The number of aliphatic imine (C=N–C) groups is 2. The summed E-state index contributed by atoms with van der Waals surface area (Å²) in [7, 11) is 12.0. The number of nitrogens with two attached hydrogens (primary N) is 1. The van der Waals surface area contributed by atoms with Crippen molar-refractivity contribution in [1.82, 2.24) is 80.9 Å². The van der Waals surface area contributed by atoms with Crippen molar-refractivity contribution in [2.24, 2.45) is 9.98 Å². The molecule has 10 N–H and O–H groups in total. The number of carbonyl (C=O) groups is 8. The maximum Gasteiger partial charge on any atom is 0.319 e. The Morgan fingerprint density at radius 1 is 0.542 bits per heavy atom. The number of aromatic nitrogens is 2. The monoisotopic (exact) mass is 1800 g/mol. The Morgan fingerprint density at radius 2 is 0.939 bits per heavy atom. The van der Waals surface area contributed by atoms with E-state index in [4.69, 9.17) is 27.3 Å². The van der Waals surface area contributed by atoms with Crippen LogP contribution in [-0.4, -0.2) is 274 Å². The number of amidine groups is 2. The molecular weight excluding hydrogens is 1680 g/mol. The van der Waals surface area contributed by atoms with Gasteiger partial charge >= 0.3 is 18.1 Å². The molecule has 0 saturated carbocycles. The number of aromatic amines is 1. The molecule has 7 aromatic rings. The van der Waals surface area contributed by atoms with Crippen molar-refractivity contribution in [3.63, 3.8) is 0 Å². The maximum absolute atomic E-state index is 13.7. The Morgan fingerprint density at radius 3 is 1.34 bits per heavy atom. The number of anilines is 3. The number of halogens is 1. The number of rotatable bonds is 23. The number of fused-ring (bicyclic) bond motifs is 1. The summed E-state index contributed by atoms with van der Waals surface area (Å²) in [5.74, 6) is 1.81. The van der Waals surface area contributed by atoms with Crippen LogP contribution in [0, 0.1) is 10.1 Å². The average Bonchev–Trinajstić information content (AvgIpc) is 1.60. The van der Waals surface area contributed by atoms with E-state index >= 15 is 0 Å². The third-order valence-corrected chi connectivity index (χ3v) is 25.1. The van der Waals surface area contributed by atoms with E-state index in [1.807, 2.05) is 172 Å². The molecule has 2 fully saturated rings. The van der Waals surface area contributed by atoms with Crippen molar-refractivity contribution in [3.8, 4) is 0 Å². The second-order valence-corrected chi connectivity index (χ2v) is 36.6. The number of hydrogen-bond acceptors (Lipinski definition) is 20. The van der Waals surface area contributed by atoms with Gasteiger partial charge in [-0.25, -0.2) is 14.4 Å². The van der Waals surface area contributed by atoms with E-state index in [0.717, 1.165) is 94.6 Å². The zero-order valence-corrected chi connectivity index (χ0v) is 77.6. The molecule has 0 aliphatic carbocycles. The van der Waals surface area contributed by atoms with E-state index < -0.39 is 26.8 Å². The number of nitro groups is 1. The minimum Gasteiger partial charge on any atom is -0.399 e. The van der Waals surface area contributed by atoms with Gasteiger partial charge in [-0.15, -0.1) is 0 Å². The summed E-state index contributed by atoms with van der Waals surface area (Å²) in [5, 5.41) is 41.3. The zero-order valence-electron chi connectivity index (χ0n) is 76.9. The number of non-ortho nitro benzene ring substituents is 1. The fraction of sp³-hybridized carbons (Fsp3) is 0.398. The van der Waals surface area contributed by atoms with Crippen LogP contribution in [0.5, 0.6) is 0 Å². The number of nitrogens with zero attached hydrogens (tertiary/aromatic N) is 13. The van der Waals surface area contributed by atoms with Crippen molar-refractivity contribution in [2.45, 2.75) is 127 Å². The molecule has 8 aliphatic heterocycles. The lowest BCUT2D eigenvalue weighted by Gasteiger charge is -2.36. The predicted molar refractivity (Wildman–Crippen MR) is 513 cm³/mol. The third-order valence-electron chi connectivity index (χ3n) is 24.9. The van der Waals surface area contributed by atoms with Crippen LogP contribution in [-0.2, 0) is 21.7 Å². The van der Waals surface area contributed by atoms with Crippen LogP contribution in [0.4, 0.5) is 37.3 Å².